The summed E-state index contributed by atoms with van der Waals surface area (Å²) in [5, 5.41) is 12.9. The van der Waals surface area contributed by atoms with Crippen molar-refractivity contribution >= 4 is 11.4 Å². The van der Waals surface area contributed by atoms with Gasteiger partial charge in [-0.15, -0.1) is 0 Å². The highest BCUT2D eigenvalue weighted by Gasteiger charge is 2.20. The lowest BCUT2D eigenvalue weighted by atomic mass is 10.0. The van der Waals surface area contributed by atoms with Crippen LogP contribution in [0.3, 0.4) is 0 Å². The molecule has 0 aliphatic heterocycles. The number of hydrogen-bond donors (Lipinski definition) is 3. The fourth-order valence-electron chi connectivity index (χ4n) is 1.39. The highest BCUT2D eigenvalue weighted by Crippen LogP contribution is 2.22. The molecule has 0 heterocycles. The Morgan fingerprint density at radius 1 is 1.53 bits per heavy atom. The Hall–Kier alpha value is -1.33. The van der Waals surface area contributed by atoms with Gasteiger partial charge in [0.05, 0.1) is 17.0 Å². The zero-order valence-corrected chi connectivity index (χ0v) is 10.2. The van der Waals surface area contributed by atoms with Crippen molar-refractivity contribution in [3.05, 3.63) is 24.0 Å². The summed E-state index contributed by atoms with van der Waals surface area (Å²) in [6, 6.07) is 4.53. The van der Waals surface area contributed by atoms with Gasteiger partial charge in [0, 0.05) is 26.7 Å². The summed E-state index contributed by atoms with van der Waals surface area (Å²) in [7, 11) is 1.58. The van der Waals surface area contributed by atoms with Gasteiger partial charge < -0.3 is 20.9 Å². The van der Waals surface area contributed by atoms with E-state index in [1.807, 2.05) is 0 Å². The van der Waals surface area contributed by atoms with Crippen molar-refractivity contribution in [1.82, 2.24) is 0 Å². The van der Waals surface area contributed by atoms with Crippen LogP contribution >= 0.6 is 0 Å². The average Bonchev–Trinajstić information content (AvgIpc) is 2.29. The van der Waals surface area contributed by atoms with Gasteiger partial charge in [0.1, 0.15) is 5.82 Å². The number of halogens is 1. The van der Waals surface area contributed by atoms with Crippen LogP contribution in [0.5, 0.6) is 0 Å². The third kappa shape index (κ3) is 4.20. The van der Waals surface area contributed by atoms with Crippen molar-refractivity contribution in [2.75, 3.05) is 31.3 Å². The number of anilines is 2. The van der Waals surface area contributed by atoms with Crippen LogP contribution in [-0.2, 0) is 4.74 Å². The molecule has 0 aliphatic carbocycles. The second-order valence-electron chi connectivity index (χ2n) is 4.29. The van der Waals surface area contributed by atoms with Gasteiger partial charge in [-0.3, -0.25) is 0 Å². The standard InChI is InChI=1S/C12H19FN2O2/c1-12(16,6-7-17-2)8-15-10-5-3-4-9(13)11(10)14/h3-5,15-16H,6-8,14H2,1-2H3. The molecule has 5 heteroatoms. The first-order valence-electron chi connectivity index (χ1n) is 5.45. The Morgan fingerprint density at radius 2 is 2.24 bits per heavy atom. The Morgan fingerprint density at radius 3 is 2.88 bits per heavy atom. The molecule has 4 nitrogen and oxygen atoms in total. The maximum atomic E-state index is 13.2. The fraction of sp³-hybridized carbons (Fsp3) is 0.500. The van der Waals surface area contributed by atoms with Crippen LogP contribution in [0, 0.1) is 5.82 Å². The number of hydrogen-bond acceptors (Lipinski definition) is 4. The number of benzene rings is 1. The minimum absolute atomic E-state index is 0.0649. The van der Waals surface area contributed by atoms with Crippen molar-refractivity contribution < 1.29 is 14.2 Å². The van der Waals surface area contributed by atoms with Crippen LogP contribution in [0.1, 0.15) is 13.3 Å². The van der Waals surface area contributed by atoms with Crippen molar-refractivity contribution in [2.24, 2.45) is 0 Å². The first-order chi connectivity index (χ1) is 7.96. The normalized spacial score (nSPS) is 14.4. The van der Waals surface area contributed by atoms with E-state index >= 15 is 0 Å². The van der Waals surface area contributed by atoms with E-state index in [4.69, 9.17) is 10.5 Å². The van der Waals surface area contributed by atoms with E-state index in [1.165, 1.54) is 6.07 Å². The molecule has 0 aliphatic rings. The van der Waals surface area contributed by atoms with Gasteiger partial charge in [-0.05, 0) is 19.1 Å². The molecule has 1 aromatic rings. The first kappa shape index (κ1) is 13.7. The lowest BCUT2D eigenvalue weighted by molar-refractivity contribution is 0.0357. The molecule has 0 bridgehead atoms. The van der Waals surface area contributed by atoms with Crippen molar-refractivity contribution in [3.8, 4) is 0 Å². The summed E-state index contributed by atoms with van der Waals surface area (Å²) in [6.45, 7) is 2.44. The molecular formula is C12H19FN2O2. The van der Waals surface area contributed by atoms with E-state index in [0.717, 1.165) is 0 Å². The maximum Gasteiger partial charge on any atom is 0.148 e. The van der Waals surface area contributed by atoms with Crippen molar-refractivity contribution in [2.45, 2.75) is 18.9 Å². The minimum Gasteiger partial charge on any atom is -0.395 e. The van der Waals surface area contributed by atoms with Gasteiger partial charge in [-0.2, -0.15) is 0 Å². The van der Waals surface area contributed by atoms with Crippen LogP contribution < -0.4 is 11.1 Å². The predicted molar refractivity (Wildman–Crippen MR) is 66.4 cm³/mol. The van der Waals surface area contributed by atoms with Gasteiger partial charge in [-0.25, -0.2) is 4.39 Å². The zero-order valence-electron chi connectivity index (χ0n) is 10.2. The molecule has 0 spiro atoms. The molecule has 96 valence electrons. The third-order valence-electron chi connectivity index (χ3n) is 2.56. The van der Waals surface area contributed by atoms with Crippen LogP contribution in [0.4, 0.5) is 15.8 Å². The molecule has 0 saturated heterocycles. The predicted octanol–water partition coefficient (Wildman–Crippen LogP) is 1.61. The Balaban J connectivity index is 2.58. The minimum atomic E-state index is -0.922. The number of ether oxygens (including phenoxy) is 1. The van der Waals surface area contributed by atoms with Crippen LogP contribution in [0.2, 0.25) is 0 Å². The number of nitrogens with one attached hydrogen (secondary N) is 1. The fourth-order valence-corrected chi connectivity index (χ4v) is 1.39. The Labute approximate surface area is 101 Å². The van der Waals surface area contributed by atoms with E-state index in [2.05, 4.69) is 5.32 Å². The number of methoxy groups -OCH3 is 1. The van der Waals surface area contributed by atoms with Gasteiger partial charge >= 0.3 is 0 Å². The van der Waals surface area contributed by atoms with E-state index < -0.39 is 11.4 Å². The van der Waals surface area contributed by atoms with Crippen LogP contribution in [0.15, 0.2) is 18.2 Å². The number of rotatable bonds is 6. The number of nitrogens with two attached hydrogens (primary N) is 1. The zero-order chi connectivity index (χ0) is 12.9. The number of aliphatic hydroxyl groups is 1. The Kier molecular flexibility index (Phi) is 4.72. The summed E-state index contributed by atoms with van der Waals surface area (Å²) >= 11 is 0. The number of para-hydroxylation sites is 1. The topological polar surface area (TPSA) is 67.5 Å². The molecule has 0 saturated carbocycles. The highest BCUT2D eigenvalue weighted by atomic mass is 19.1. The molecule has 1 atom stereocenters. The average molecular weight is 242 g/mol. The SMILES string of the molecule is COCCC(C)(O)CNc1cccc(F)c1N. The van der Waals surface area contributed by atoms with Crippen LogP contribution in [-0.4, -0.2) is 31.0 Å². The summed E-state index contributed by atoms with van der Waals surface area (Å²) in [5.41, 5.74) is 5.20. The maximum absolute atomic E-state index is 13.2. The summed E-state index contributed by atoms with van der Waals surface area (Å²) in [5.74, 6) is -0.466. The molecule has 0 amide bonds. The summed E-state index contributed by atoms with van der Waals surface area (Å²) < 4.78 is 18.1. The Bertz CT molecular complexity index is 370. The van der Waals surface area contributed by atoms with E-state index in [9.17, 15) is 9.50 Å². The molecule has 1 aromatic carbocycles. The quantitative estimate of drug-likeness (QED) is 0.663. The molecule has 1 rings (SSSR count). The van der Waals surface area contributed by atoms with Crippen LogP contribution in [0.25, 0.3) is 0 Å². The summed E-state index contributed by atoms with van der Waals surface area (Å²) in [6.07, 6.45) is 0.492. The molecular weight excluding hydrogens is 223 g/mol. The number of nitrogen functional groups attached to an aromatic ring is 1. The second kappa shape index (κ2) is 5.84. The molecule has 0 fully saturated rings. The van der Waals surface area contributed by atoms with Crippen molar-refractivity contribution in [3.63, 3.8) is 0 Å². The molecule has 17 heavy (non-hydrogen) atoms. The lowest BCUT2D eigenvalue weighted by Crippen LogP contribution is -2.34. The van der Waals surface area contributed by atoms with Gasteiger partial charge in [0.25, 0.3) is 0 Å². The van der Waals surface area contributed by atoms with E-state index in [0.29, 0.717) is 18.7 Å². The first-order valence-corrected chi connectivity index (χ1v) is 5.45. The van der Waals surface area contributed by atoms with Gasteiger partial charge in [-0.1, -0.05) is 6.07 Å². The molecule has 1 unspecified atom stereocenters. The van der Waals surface area contributed by atoms with Gasteiger partial charge in [0.2, 0.25) is 0 Å². The smallest absolute Gasteiger partial charge is 0.148 e. The van der Waals surface area contributed by atoms with E-state index in [1.54, 1.807) is 26.2 Å². The van der Waals surface area contributed by atoms with E-state index in [-0.39, 0.29) is 12.2 Å². The second-order valence-corrected chi connectivity index (χ2v) is 4.29. The largest absolute Gasteiger partial charge is 0.395 e. The molecule has 4 N–H and O–H groups in total. The van der Waals surface area contributed by atoms with Crippen molar-refractivity contribution in [1.29, 1.82) is 0 Å². The highest BCUT2D eigenvalue weighted by molar-refractivity contribution is 5.66. The molecule has 0 radical (unpaired) electrons. The monoisotopic (exact) mass is 242 g/mol. The molecule has 0 aromatic heterocycles. The van der Waals surface area contributed by atoms with Gasteiger partial charge in [0.15, 0.2) is 0 Å². The third-order valence-corrected chi connectivity index (χ3v) is 2.56. The lowest BCUT2D eigenvalue weighted by Gasteiger charge is -2.24. The summed E-state index contributed by atoms with van der Waals surface area (Å²) in [4.78, 5) is 0.